The third-order valence-corrected chi connectivity index (χ3v) is 4.35. The summed E-state index contributed by atoms with van der Waals surface area (Å²) in [6.07, 6.45) is 2.77. The maximum absolute atomic E-state index is 12.1. The molecule has 1 aliphatic carbocycles. The summed E-state index contributed by atoms with van der Waals surface area (Å²) < 4.78 is 1.77. The summed E-state index contributed by atoms with van der Waals surface area (Å²) in [5, 5.41) is 14.1. The van der Waals surface area contributed by atoms with Crippen molar-refractivity contribution in [3.05, 3.63) is 47.3 Å². The number of amides is 1. The number of carbonyl (C=O) groups excluding carboxylic acids is 1. The van der Waals surface area contributed by atoms with E-state index < -0.39 is 0 Å². The fraction of sp³-hybridized carbons (Fsp3) is 0.400. The van der Waals surface area contributed by atoms with Gasteiger partial charge in [0.15, 0.2) is 5.69 Å². The van der Waals surface area contributed by atoms with Crippen molar-refractivity contribution in [2.24, 2.45) is 0 Å². The molecule has 108 valence electrons. The molecule has 0 saturated carbocycles. The molecule has 0 bridgehead atoms. The molecule has 6 heteroatoms. The Bertz CT molecular complexity index is 676. The normalized spacial score (nSPS) is 20.3. The number of fused-ring (bicyclic) bond motifs is 1. The molecule has 2 aromatic rings. The number of carbonyl (C=O) groups is 1. The molecule has 1 unspecified atom stereocenters. The second-order valence-corrected chi connectivity index (χ2v) is 5.71. The van der Waals surface area contributed by atoms with Gasteiger partial charge in [-0.05, 0) is 17.5 Å². The summed E-state index contributed by atoms with van der Waals surface area (Å²) in [7, 11) is 0. The van der Waals surface area contributed by atoms with Gasteiger partial charge in [-0.25, -0.2) is 4.68 Å². The minimum atomic E-state index is -0.141. The van der Waals surface area contributed by atoms with Crippen molar-refractivity contribution >= 4 is 5.91 Å². The van der Waals surface area contributed by atoms with E-state index >= 15 is 0 Å². The Balaban J connectivity index is 1.35. The van der Waals surface area contributed by atoms with Gasteiger partial charge >= 0.3 is 0 Å². The van der Waals surface area contributed by atoms with Gasteiger partial charge in [-0.2, -0.15) is 0 Å². The highest BCUT2D eigenvalue weighted by Crippen LogP contribution is 2.33. The Morgan fingerprint density at radius 1 is 1.38 bits per heavy atom. The Kier molecular flexibility index (Phi) is 2.96. The van der Waals surface area contributed by atoms with Crippen LogP contribution < -0.4 is 10.6 Å². The second-order valence-electron chi connectivity index (χ2n) is 5.71. The molecule has 1 aromatic heterocycles. The minimum Gasteiger partial charge on any atom is -0.350 e. The number of hydrogen-bond donors (Lipinski definition) is 2. The van der Waals surface area contributed by atoms with Gasteiger partial charge in [-0.15, -0.1) is 5.10 Å². The van der Waals surface area contributed by atoms with Crippen LogP contribution in [0.15, 0.2) is 30.5 Å². The van der Waals surface area contributed by atoms with Crippen LogP contribution in [0, 0.1) is 0 Å². The monoisotopic (exact) mass is 283 g/mol. The zero-order chi connectivity index (χ0) is 14.2. The van der Waals surface area contributed by atoms with Crippen molar-refractivity contribution in [1.82, 2.24) is 25.6 Å². The Morgan fingerprint density at radius 2 is 2.24 bits per heavy atom. The summed E-state index contributed by atoms with van der Waals surface area (Å²) in [5.41, 5.74) is 3.14. The molecule has 2 aliphatic rings. The van der Waals surface area contributed by atoms with Crippen LogP contribution in [0.1, 0.15) is 33.6 Å². The lowest BCUT2D eigenvalue weighted by molar-refractivity contribution is 0.0945. The van der Waals surface area contributed by atoms with Crippen molar-refractivity contribution in [2.45, 2.75) is 18.4 Å². The van der Waals surface area contributed by atoms with Gasteiger partial charge in [0, 0.05) is 25.6 Å². The Hall–Kier alpha value is -2.21. The molecular weight excluding hydrogens is 266 g/mol. The van der Waals surface area contributed by atoms with Crippen molar-refractivity contribution in [2.75, 3.05) is 19.6 Å². The summed E-state index contributed by atoms with van der Waals surface area (Å²) in [5.74, 6) is 0.286. The van der Waals surface area contributed by atoms with Crippen LogP contribution in [0.25, 0.3) is 0 Å². The van der Waals surface area contributed by atoms with Gasteiger partial charge in [0.2, 0.25) is 0 Å². The first kappa shape index (κ1) is 12.5. The van der Waals surface area contributed by atoms with Gasteiger partial charge in [-0.3, -0.25) is 4.79 Å². The molecule has 2 N–H and O–H groups in total. The highest BCUT2D eigenvalue weighted by molar-refractivity contribution is 5.91. The minimum absolute atomic E-state index is 0.141. The van der Waals surface area contributed by atoms with E-state index in [0.29, 0.717) is 24.2 Å². The van der Waals surface area contributed by atoms with Crippen LogP contribution in [0.5, 0.6) is 0 Å². The maximum Gasteiger partial charge on any atom is 0.273 e. The molecule has 4 rings (SSSR count). The van der Waals surface area contributed by atoms with Crippen LogP contribution in [-0.4, -0.2) is 40.5 Å². The number of hydrogen-bond acceptors (Lipinski definition) is 4. The fourth-order valence-electron chi connectivity index (χ4n) is 2.87. The topological polar surface area (TPSA) is 71.8 Å². The molecule has 6 nitrogen and oxygen atoms in total. The highest BCUT2D eigenvalue weighted by Gasteiger charge is 2.26. The first-order valence-corrected chi connectivity index (χ1v) is 7.30. The van der Waals surface area contributed by atoms with Gasteiger partial charge in [0.05, 0.1) is 12.2 Å². The number of nitrogens with one attached hydrogen (secondary N) is 2. The molecule has 2 heterocycles. The quantitative estimate of drug-likeness (QED) is 0.857. The molecule has 1 fully saturated rings. The van der Waals surface area contributed by atoms with Crippen LogP contribution in [0.3, 0.4) is 0 Å². The fourth-order valence-corrected chi connectivity index (χ4v) is 2.87. The Morgan fingerprint density at radius 3 is 3.00 bits per heavy atom. The summed E-state index contributed by atoms with van der Waals surface area (Å²) in [6.45, 7) is 2.44. The van der Waals surface area contributed by atoms with Crippen molar-refractivity contribution in [1.29, 1.82) is 0 Å². The SMILES string of the molecule is O=C(NCC1Cc2ccccc21)c1cn(C2CNC2)nn1. The van der Waals surface area contributed by atoms with Crippen LogP contribution >= 0.6 is 0 Å². The van der Waals surface area contributed by atoms with Gasteiger partial charge in [0.1, 0.15) is 0 Å². The first-order chi connectivity index (χ1) is 10.3. The number of aromatic nitrogens is 3. The zero-order valence-electron chi connectivity index (χ0n) is 11.6. The van der Waals surface area contributed by atoms with Crippen molar-refractivity contribution in [3.63, 3.8) is 0 Å². The molecule has 1 atom stereocenters. The van der Waals surface area contributed by atoms with E-state index in [1.807, 2.05) is 6.07 Å². The molecule has 1 saturated heterocycles. The van der Waals surface area contributed by atoms with Crippen LogP contribution in [0.2, 0.25) is 0 Å². The molecule has 0 radical (unpaired) electrons. The van der Waals surface area contributed by atoms with E-state index in [2.05, 4.69) is 39.1 Å². The van der Waals surface area contributed by atoms with Crippen molar-refractivity contribution in [3.8, 4) is 0 Å². The summed E-state index contributed by atoms with van der Waals surface area (Å²) in [6, 6.07) is 8.71. The van der Waals surface area contributed by atoms with E-state index in [-0.39, 0.29) is 5.91 Å². The van der Waals surface area contributed by atoms with Gasteiger partial charge < -0.3 is 10.6 Å². The van der Waals surface area contributed by atoms with E-state index in [1.54, 1.807) is 10.9 Å². The first-order valence-electron chi connectivity index (χ1n) is 7.30. The lowest BCUT2D eigenvalue weighted by Gasteiger charge is -2.30. The second kappa shape index (κ2) is 4.96. The molecule has 0 spiro atoms. The van der Waals surface area contributed by atoms with E-state index in [0.717, 1.165) is 19.5 Å². The van der Waals surface area contributed by atoms with Crippen LogP contribution in [0.4, 0.5) is 0 Å². The van der Waals surface area contributed by atoms with Gasteiger partial charge in [-0.1, -0.05) is 29.5 Å². The standard InChI is InChI=1S/C15H17N5O/c21-15(14-9-20(19-18-14)12-7-16-8-12)17-6-11-5-10-3-1-2-4-13(10)11/h1-4,9,11-12,16H,5-8H2,(H,17,21). The third-order valence-electron chi connectivity index (χ3n) is 4.35. The molecular formula is C15H17N5O. The molecule has 1 aliphatic heterocycles. The predicted molar refractivity (Wildman–Crippen MR) is 77.1 cm³/mol. The van der Waals surface area contributed by atoms with E-state index in [4.69, 9.17) is 0 Å². The lowest BCUT2D eigenvalue weighted by Crippen LogP contribution is -2.43. The average Bonchev–Trinajstić information content (AvgIpc) is 2.87. The van der Waals surface area contributed by atoms with E-state index in [1.165, 1.54) is 11.1 Å². The van der Waals surface area contributed by atoms with Crippen LogP contribution in [-0.2, 0) is 6.42 Å². The van der Waals surface area contributed by atoms with E-state index in [9.17, 15) is 4.79 Å². The summed E-state index contributed by atoms with van der Waals surface area (Å²) in [4.78, 5) is 12.1. The molecule has 21 heavy (non-hydrogen) atoms. The zero-order valence-corrected chi connectivity index (χ0v) is 11.6. The predicted octanol–water partition coefficient (Wildman–Crippen LogP) is 0.492. The molecule has 1 amide bonds. The summed E-state index contributed by atoms with van der Waals surface area (Å²) >= 11 is 0. The molecule has 1 aromatic carbocycles. The Labute approximate surface area is 122 Å². The van der Waals surface area contributed by atoms with Crippen molar-refractivity contribution < 1.29 is 4.79 Å². The lowest BCUT2D eigenvalue weighted by atomic mass is 9.77. The average molecular weight is 283 g/mol. The smallest absolute Gasteiger partial charge is 0.273 e. The number of rotatable bonds is 4. The van der Waals surface area contributed by atoms with Gasteiger partial charge in [0.25, 0.3) is 5.91 Å². The third kappa shape index (κ3) is 2.21. The maximum atomic E-state index is 12.1. The number of benzene rings is 1. The largest absolute Gasteiger partial charge is 0.350 e. The highest BCUT2D eigenvalue weighted by atomic mass is 16.2. The number of nitrogens with zero attached hydrogens (tertiary/aromatic N) is 3.